The van der Waals surface area contributed by atoms with Gasteiger partial charge in [-0.3, -0.25) is 19.4 Å². The van der Waals surface area contributed by atoms with E-state index in [1.807, 2.05) is 6.07 Å². The first-order valence-electron chi connectivity index (χ1n) is 9.27. The zero-order chi connectivity index (χ0) is 20.9. The molecule has 0 aliphatic carbocycles. The number of benzene rings is 2. The van der Waals surface area contributed by atoms with E-state index in [0.29, 0.717) is 22.4 Å². The number of ketones is 1. The third kappa shape index (κ3) is 4.23. The Hall–Kier alpha value is -4.32. The van der Waals surface area contributed by atoms with Crippen LogP contribution in [0.1, 0.15) is 27.2 Å². The summed E-state index contributed by atoms with van der Waals surface area (Å²) in [7, 11) is 0. The third-order valence-electron chi connectivity index (χ3n) is 4.46. The highest BCUT2D eigenvalue weighted by Gasteiger charge is 2.08. The largest absolute Gasteiger partial charge is 0.316 e. The van der Waals surface area contributed by atoms with Crippen molar-refractivity contribution in [1.82, 2.24) is 15.0 Å². The number of hydrogen-bond donors (Lipinski definition) is 2. The molecule has 6 heteroatoms. The zero-order valence-corrected chi connectivity index (χ0v) is 15.8. The quantitative estimate of drug-likeness (QED) is 0.510. The van der Waals surface area contributed by atoms with Crippen LogP contribution in [-0.2, 0) is 0 Å². The van der Waals surface area contributed by atoms with Crippen molar-refractivity contribution < 1.29 is 4.79 Å². The normalized spacial score (nSPS) is 12.1. The average molecular weight is 395 g/mol. The van der Waals surface area contributed by atoms with Crippen molar-refractivity contribution in [3.63, 3.8) is 0 Å². The van der Waals surface area contributed by atoms with E-state index in [1.165, 1.54) is 12.2 Å². The fourth-order valence-corrected chi connectivity index (χ4v) is 3.00. The molecule has 0 saturated carbocycles. The van der Waals surface area contributed by atoms with E-state index in [1.54, 1.807) is 72.9 Å². The van der Waals surface area contributed by atoms with Crippen LogP contribution in [0.2, 0.25) is 0 Å². The van der Waals surface area contributed by atoms with Gasteiger partial charge in [-0.1, -0.05) is 54.6 Å². The van der Waals surface area contributed by atoms with Crippen LogP contribution >= 0.6 is 0 Å². The molecule has 4 aromatic rings. The zero-order valence-electron chi connectivity index (χ0n) is 15.8. The minimum Gasteiger partial charge on any atom is -0.316 e. The molecule has 0 unspecified atom stereocenters. The van der Waals surface area contributed by atoms with Gasteiger partial charge in [0.1, 0.15) is 10.7 Å². The van der Waals surface area contributed by atoms with Gasteiger partial charge in [-0.15, -0.1) is 0 Å². The molecule has 0 amide bonds. The van der Waals surface area contributed by atoms with Crippen molar-refractivity contribution in [1.29, 1.82) is 0 Å². The van der Waals surface area contributed by atoms with Crippen molar-refractivity contribution in [2.24, 2.45) is 0 Å². The van der Waals surface area contributed by atoms with Crippen LogP contribution in [0, 0.1) is 0 Å². The standard InChI is InChI=1S/C24H17N3O3/c28-22(17-8-2-1-3-9-17)18-10-6-7-16(13-18)14-20-23(29)27-21(24(30)26-20)15-19-11-4-5-12-25-19/h1-15H,(H,26,30)(H,27,29)/b20-14-,21-15-. The topological polar surface area (TPSA) is 95.7 Å². The van der Waals surface area contributed by atoms with Crippen LogP contribution in [0.15, 0.2) is 88.6 Å². The molecule has 0 aliphatic heterocycles. The number of nitrogens with zero attached hydrogens (tertiary/aromatic N) is 1. The molecular formula is C24H17N3O3. The second-order valence-electron chi connectivity index (χ2n) is 6.60. The fourth-order valence-electron chi connectivity index (χ4n) is 3.00. The Bertz CT molecular complexity index is 1440. The second-order valence-corrected chi connectivity index (χ2v) is 6.60. The van der Waals surface area contributed by atoms with E-state index in [0.717, 1.165) is 0 Å². The van der Waals surface area contributed by atoms with Crippen LogP contribution in [-0.4, -0.2) is 20.7 Å². The third-order valence-corrected chi connectivity index (χ3v) is 4.46. The fraction of sp³-hybridized carbons (Fsp3) is 0. The summed E-state index contributed by atoms with van der Waals surface area (Å²) >= 11 is 0. The first-order valence-corrected chi connectivity index (χ1v) is 9.27. The number of carbonyl (C=O) groups is 1. The van der Waals surface area contributed by atoms with Gasteiger partial charge in [0, 0.05) is 17.3 Å². The summed E-state index contributed by atoms with van der Waals surface area (Å²) < 4.78 is 0. The summed E-state index contributed by atoms with van der Waals surface area (Å²) in [5.74, 6) is -0.117. The summed E-state index contributed by atoms with van der Waals surface area (Å²) in [6, 6.07) is 21.1. The molecule has 6 nitrogen and oxygen atoms in total. The van der Waals surface area contributed by atoms with Gasteiger partial charge < -0.3 is 9.97 Å². The lowest BCUT2D eigenvalue weighted by atomic mass is 10.0. The minimum atomic E-state index is -0.448. The summed E-state index contributed by atoms with van der Waals surface area (Å²) in [5, 5.41) is 0.214. The second kappa shape index (κ2) is 8.36. The Morgan fingerprint density at radius 2 is 1.40 bits per heavy atom. The van der Waals surface area contributed by atoms with Crippen molar-refractivity contribution in [3.8, 4) is 0 Å². The van der Waals surface area contributed by atoms with E-state index < -0.39 is 11.1 Å². The van der Waals surface area contributed by atoms with Crippen LogP contribution in [0.3, 0.4) is 0 Å². The number of hydrogen-bond acceptors (Lipinski definition) is 4. The van der Waals surface area contributed by atoms with Gasteiger partial charge in [0.05, 0.1) is 5.69 Å². The number of nitrogens with one attached hydrogen (secondary N) is 2. The molecule has 2 heterocycles. The summed E-state index contributed by atoms with van der Waals surface area (Å²) in [5.41, 5.74) is 1.37. The molecule has 2 aromatic carbocycles. The lowest BCUT2D eigenvalue weighted by Gasteiger charge is -2.02. The minimum absolute atomic E-state index is 0.0995. The van der Waals surface area contributed by atoms with E-state index in [9.17, 15) is 14.4 Å². The van der Waals surface area contributed by atoms with Crippen molar-refractivity contribution in [3.05, 3.63) is 133 Å². The Labute approximate surface area is 170 Å². The molecule has 146 valence electrons. The average Bonchev–Trinajstić information content (AvgIpc) is 2.78. The molecule has 0 aliphatic rings. The van der Waals surface area contributed by atoms with Crippen LogP contribution in [0.5, 0.6) is 0 Å². The molecule has 0 fully saturated rings. The maximum atomic E-state index is 12.6. The van der Waals surface area contributed by atoms with E-state index in [4.69, 9.17) is 0 Å². The molecule has 0 spiro atoms. The Morgan fingerprint density at radius 3 is 2.10 bits per heavy atom. The van der Waals surface area contributed by atoms with Gasteiger partial charge in [-0.25, -0.2) is 0 Å². The van der Waals surface area contributed by atoms with Gasteiger partial charge in [-0.05, 0) is 35.9 Å². The van der Waals surface area contributed by atoms with E-state index >= 15 is 0 Å². The van der Waals surface area contributed by atoms with Crippen LogP contribution < -0.4 is 21.8 Å². The molecule has 0 atom stereocenters. The van der Waals surface area contributed by atoms with Gasteiger partial charge in [0.2, 0.25) is 0 Å². The maximum absolute atomic E-state index is 12.6. The maximum Gasteiger partial charge on any atom is 0.272 e. The predicted octanol–water partition coefficient (Wildman–Crippen LogP) is 1.35. The monoisotopic (exact) mass is 395 g/mol. The summed E-state index contributed by atoms with van der Waals surface area (Å²) in [4.78, 5) is 46.8. The molecule has 0 bridgehead atoms. The number of pyridine rings is 1. The number of aromatic nitrogens is 3. The summed E-state index contributed by atoms with van der Waals surface area (Å²) in [6.07, 6.45) is 4.64. The van der Waals surface area contributed by atoms with E-state index in [-0.39, 0.29) is 16.5 Å². The molecule has 0 radical (unpaired) electrons. The molecular weight excluding hydrogens is 378 g/mol. The Kier molecular flexibility index (Phi) is 5.30. The number of carbonyl (C=O) groups excluding carboxylic acids is 1. The first kappa shape index (κ1) is 19.0. The number of aromatic amines is 2. The SMILES string of the molecule is O=C(c1ccccc1)c1cccc(/C=c2\[nH]c(=O)/c(=C/c3ccccn3)[nH]c2=O)c1. The van der Waals surface area contributed by atoms with Crippen molar-refractivity contribution >= 4 is 17.9 Å². The molecule has 4 rings (SSSR count). The van der Waals surface area contributed by atoms with Gasteiger partial charge >= 0.3 is 0 Å². The molecule has 0 saturated heterocycles. The van der Waals surface area contributed by atoms with Crippen molar-refractivity contribution in [2.45, 2.75) is 0 Å². The number of rotatable bonds is 4. The van der Waals surface area contributed by atoms with Gasteiger partial charge in [-0.2, -0.15) is 0 Å². The van der Waals surface area contributed by atoms with E-state index in [2.05, 4.69) is 15.0 Å². The highest BCUT2D eigenvalue weighted by Crippen LogP contribution is 2.12. The Balaban J connectivity index is 1.73. The highest BCUT2D eigenvalue weighted by molar-refractivity contribution is 6.09. The summed E-state index contributed by atoms with van der Waals surface area (Å²) in [6.45, 7) is 0. The highest BCUT2D eigenvalue weighted by atomic mass is 16.1. The van der Waals surface area contributed by atoms with Crippen LogP contribution in [0.4, 0.5) is 0 Å². The predicted molar refractivity (Wildman–Crippen MR) is 115 cm³/mol. The number of H-pyrrole nitrogens is 2. The van der Waals surface area contributed by atoms with Crippen molar-refractivity contribution in [2.75, 3.05) is 0 Å². The molecule has 2 aromatic heterocycles. The smallest absolute Gasteiger partial charge is 0.272 e. The molecule has 30 heavy (non-hydrogen) atoms. The lowest BCUT2D eigenvalue weighted by molar-refractivity contribution is 0.103. The van der Waals surface area contributed by atoms with Gasteiger partial charge in [0.25, 0.3) is 11.1 Å². The first-order chi connectivity index (χ1) is 14.6. The lowest BCUT2D eigenvalue weighted by Crippen LogP contribution is -2.46. The van der Waals surface area contributed by atoms with Crippen LogP contribution in [0.25, 0.3) is 12.2 Å². The van der Waals surface area contributed by atoms with Gasteiger partial charge in [0.15, 0.2) is 5.78 Å². The Morgan fingerprint density at radius 1 is 0.733 bits per heavy atom. The molecule has 2 N–H and O–H groups in total.